The molecule has 0 spiro atoms. The molecule has 0 fully saturated rings. The number of benzene rings is 1. The molecule has 1 heteroatoms. The van der Waals surface area contributed by atoms with Gasteiger partial charge in [0.15, 0.2) is 0 Å². The third-order valence-electron chi connectivity index (χ3n) is 2.29. The molecule has 0 amide bonds. The number of hydrogen-bond acceptors (Lipinski definition) is 0. The first kappa shape index (κ1) is 10.8. The highest BCUT2D eigenvalue weighted by Gasteiger charge is 1.98. The monoisotopic (exact) mass is 187 g/mol. The van der Waals surface area contributed by atoms with Crippen LogP contribution in [0.1, 0.15) is 31.4 Å². The molecule has 0 atom stereocenters. The topological polar surface area (TPSA) is 4.36 Å². The highest BCUT2D eigenvalue weighted by atomic mass is 14.6. The fourth-order valence-corrected chi connectivity index (χ4v) is 1.36. The van der Waals surface area contributed by atoms with Crippen LogP contribution in [0.15, 0.2) is 24.3 Å². The maximum atomic E-state index is 6.76. The van der Waals surface area contributed by atoms with Crippen LogP contribution in [-0.4, -0.2) is 0 Å². The van der Waals surface area contributed by atoms with Gasteiger partial charge in [-0.15, -0.1) is 0 Å². The van der Waals surface area contributed by atoms with Crippen molar-refractivity contribution >= 4 is 0 Å². The molecule has 0 aliphatic heterocycles. The van der Waals surface area contributed by atoms with Crippen molar-refractivity contribution in [2.24, 2.45) is 5.92 Å². The molecule has 0 aromatic heterocycles. The average Bonchev–Trinajstić information content (AvgIpc) is 2.17. The molecule has 1 rings (SSSR count). The third kappa shape index (κ3) is 3.62. The Bertz CT molecular complexity index is 303. The van der Waals surface area contributed by atoms with Gasteiger partial charge >= 0.3 is 0 Å². The smallest absolute Gasteiger partial charge is 0.239 e. The summed E-state index contributed by atoms with van der Waals surface area (Å²) >= 11 is 0. The van der Waals surface area contributed by atoms with E-state index in [1.165, 1.54) is 12.0 Å². The first-order valence-corrected chi connectivity index (χ1v) is 5.13. The summed E-state index contributed by atoms with van der Waals surface area (Å²) in [6.45, 7) is 11.7. The van der Waals surface area contributed by atoms with Crippen molar-refractivity contribution in [1.29, 1.82) is 0 Å². The first-order valence-electron chi connectivity index (χ1n) is 5.13. The Kier molecular flexibility index (Phi) is 4.19. The molecular formula is C13H17N. The highest BCUT2D eigenvalue weighted by molar-refractivity contribution is 5.23. The Hall–Kier alpha value is -1.29. The van der Waals surface area contributed by atoms with E-state index >= 15 is 0 Å². The van der Waals surface area contributed by atoms with Gasteiger partial charge in [0.05, 0.1) is 0 Å². The minimum atomic E-state index is 0.504. The number of aryl methyl sites for hydroxylation is 1. The van der Waals surface area contributed by atoms with Crippen molar-refractivity contribution in [3.05, 3.63) is 46.8 Å². The number of nitrogens with zero attached hydrogens (tertiary/aromatic N) is 1. The molecule has 0 unspecified atom stereocenters. The number of hydrogen-bond donors (Lipinski definition) is 0. The quantitative estimate of drug-likeness (QED) is 0.633. The molecule has 0 saturated carbocycles. The van der Waals surface area contributed by atoms with Crippen LogP contribution >= 0.6 is 0 Å². The van der Waals surface area contributed by atoms with Gasteiger partial charge in [-0.25, -0.2) is 6.57 Å². The van der Waals surface area contributed by atoms with Crippen molar-refractivity contribution in [1.82, 2.24) is 0 Å². The van der Waals surface area contributed by atoms with Crippen LogP contribution < -0.4 is 0 Å². The predicted octanol–water partition coefficient (Wildman–Crippen LogP) is 3.69. The molecule has 74 valence electrons. The fourth-order valence-electron chi connectivity index (χ4n) is 1.36. The zero-order chi connectivity index (χ0) is 10.4. The molecule has 1 nitrogen and oxygen atoms in total. The van der Waals surface area contributed by atoms with Crippen LogP contribution in [0, 0.1) is 12.5 Å². The summed E-state index contributed by atoms with van der Waals surface area (Å²) in [4.78, 5) is 3.36. The summed E-state index contributed by atoms with van der Waals surface area (Å²) in [5.41, 5.74) is 2.50. The summed E-state index contributed by atoms with van der Waals surface area (Å²) < 4.78 is 0. The van der Waals surface area contributed by atoms with E-state index < -0.39 is 0 Å². The Morgan fingerprint density at radius 3 is 2.21 bits per heavy atom. The molecule has 0 N–H and O–H groups in total. The van der Waals surface area contributed by atoms with E-state index in [-0.39, 0.29) is 0 Å². The molecule has 1 aromatic carbocycles. The van der Waals surface area contributed by atoms with E-state index in [0.717, 1.165) is 17.9 Å². The molecule has 0 saturated heterocycles. The van der Waals surface area contributed by atoms with Gasteiger partial charge in [0, 0.05) is 5.56 Å². The maximum Gasteiger partial charge on any atom is 0.239 e. The second-order valence-electron chi connectivity index (χ2n) is 4.07. The SMILES string of the molecule is [C-]#[N+]Cc1ccc(CCC(C)C)cc1. The standard InChI is InChI=1S/C13H17N/c1-11(2)4-5-12-6-8-13(9-7-12)10-14-3/h6-9,11H,4-5,10H2,1-2H3. The summed E-state index contributed by atoms with van der Waals surface area (Å²) in [7, 11) is 0. The second kappa shape index (κ2) is 5.44. The van der Waals surface area contributed by atoms with Crippen molar-refractivity contribution in [3.8, 4) is 0 Å². The van der Waals surface area contributed by atoms with Gasteiger partial charge in [-0.05, 0) is 24.3 Å². The third-order valence-corrected chi connectivity index (χ3v) is 2.29. The van der Waals surface area contributed by atoms with Gasteiger partial charge in [0.25, 0.3) is 0 Å². The van der Waals surface area contributed by atoms with Crippen molar-refractivity contribution in [2.45, 2.75) is 33.2 Å². The minimum absolute atomic E-state index is 0.504. The molecule has 0 radical (unpaired) electrons. The second-order valence-corrected chi connectivity index (χ2v) is 4.07. The number of rotatable bonds is 4. The minimum Gasteiger partial charge on any atom is -0.312 e. The summed E-state index contributed by atoms with van der Waals surface area (Å²) in [5.74, 6) is 0.762. The van der Waals surface area contributed by atoms with Crippen LogP contribution in [-0.2, 0) is 13.0 Å². The summed E-state index contributed by atoms with van der Waals surface area (Å²) in [5, 5.41) is 0. The molecule has 0 aliphatic rings. The molecule has 0 heterocycles. The van der Waals surface area contributed by atoms with Crippen LogP contribution in [0.4, 0.5) is 0 Å². The van der Waals surface area contributed by atoms with Crippen LogP contribution in [0.2, 0.25) is 0 Å². The van der Waals surface area contributed by atoms with Crippen molar-refractivity contribution in [3.63, 3.8) is 0 Å². The van der Waals surface area contributed by atoms with Crippen molar-refractivity contribution < 1.29 is 0 Å². The zero-order valence-corrected chi connectivity index (χ0v) is 8.96. The zero-order valence-electron chi connectivity index (χ0n) is 8.96. The van der Waals surface area contributed by atoms with Gasteiger partial charge in [-0.1, -0.05) is 38.1 Å². The van der Waals surface area contributed by atoms with E-state index in [9.17, 15) is 0 Å². The maximum absolute atomic E-state index is 6.76. The van der Waals surface area contributed by atoms with Gasteiger partial charge in [-0.3, -0.25) is 0 Å². The van der Waals surface area contributed by atoms with Gasteiger partial charge in [0.2, 0.25) is 6.54 Å². The molecule has 0 aliphatic carbocycles. The molecule has 0 bridgehead atoms. The molecular weight excluding hydrogens is 170 g/mol. The van der Waals surface area contributed by atoms with Crippen LogP contribution in [0.3, 0.4) is 0 Å². The molecule has 1 aromatic rings. The van der Waals surface area contributed by atoms with E-state index in [0.29, 0.717) is 6.54 Å². The lowest BCUT2D eigenvalue weighted by Gasteiger charge is -2.04. The van der Waals surface area contributed by atoms with Gasteiger partial charge in [-0.2, -0.15) is 0 Å². The highest BCUT2D eigenvalue weighted by Crippen LogP contribution is 2.10. The lowest BCUT2D eigenvalue weighted by atomic mass is 10.0. The lowest BCUT2D eigenvalue weighted by molar-refractivity contribution is 0.586. The van der Waals surface area contributed by atoms with Gasteiger partial charge < -0.3 is 4.85 Å². The predicted molar refractivity (Wildman–Crippen MR) is 59.9 cm³/mol. The Labute approximate surface area is 86.6 Å². The Morgan fingerprint density at radius 2 is 1.71 bits per heavy atom. The normalized spacial score (nSPS) is 10.1. The summed E-state index contributed by atoms with van der Waals surface area (Å²) in [6.07, 6.45) is 2.39. The van der Waals surface area contributed by atoms with E-state index in [4.69, 9.17) is 6.57 Å². The van der Waals surface area contributed by atoms with Gasteiger partial charge in [0.1, 0.15) is 0 Å². The van der Waals surface area contributed by atoms with E-state index in [2.05, 4.69) is 43.0 Å². The first-order chi connectivity index (χ1) is 6.72. The van der Waals surface area contributed by atoms with E-state index in [1.807, 2.05) is 0 Å². The largest absolute Gasteiger partial charge is 0.312 e. The van der Waals surface area contributed by atoms with E-state index in [1.54, 1.807) is 0 Å². The van der Waals surface area contributed by atoms with Crippen LogP contribution in [0.5, 0.6) is 0 Å². The van der Waals surface area contributed by atoms with Crippen LogP contribution in [0.25, 0.3) is 4.85 Å². The lowest BCUT2D eigenvalue weighted by Crippen LogP contribution is -1.92. The Morgan fingerprint density at radius 1 is 1.14 bits per heavy atom. The summed E-state index contributed by atoms with van der Waals surface area (Å²) in [6, 6.07) is 8.41. The fraction of sp³-hybridized carbons (Fsp3) is 0.462. The van der Waals surface area contributed by atoms with Crippen molar-refractivity contribution in [2.75, 3.05) is 0 Å². The Balaban J connectivity index is 2.52. The average molecular weight is 187 g/mol. The molecule has 14 heavy (non-hydrogen) atoms.